The maximum atomic E-state index is 12.1. The Hall–Kier alpha value is -1.30. The molecule has 0 bridgehead atoms. The van der Waals surface area contributed by atoms with Gasteiger partial charge in [-0.25, -0.2) is 4.79 Å². The summed E-state index contributed by atoms with van der Waals surface area (Å²) in [4.78, 5) is 27.3. The average Bonchev–Trinajstić information content (AvgIpc) is 3.03. The molecule has 0 saturated carbocycles. The fourth-order valence-corrected chi connectivity index (χ4v) is 3.17. The summed E-state index contributed by atoms with van der Waals surface area (Å²) in [5.41, 5.74) is -0.792. The number of nitrogens with zero attached hydrogens (tertiary/aromatic N) is 2. The fourth-order valence-electron chi connectivity index (χ4n) is 3.17. The van der Waals surface area contributed by atoms with Gasteiger partial charge >= 0.3 is 12.0 Å². The molecule has 2 rings (SSSR count). The standard InChI is InChI=1S/C14H25N3O3/c1-3-16-7-4-5-11(16)9-15-13(20)17-8-6-14(2,10-17)12(18)19/h11H,3-10H2,1-2H3,(H,15,20)(H,18,19). The Balaban J connectivity index is 1.80. The molecule has 2 amide bonds. The molecule has 2 aliphatic rings. The number of carbonyl (C=O) groups excluding carboxylic acids is 1. The van der Waals surface area contributed by atoms with Crippen LogP contribution in [0.5, 0.6) is 0 Å². The predicted octanol–water partition coefficient (Wildman–Crippen LogP) is 0.977. The van der Waals surface area contributed by atoms with E-state index in [1.165, 1.54) is 6.42 Å². The van der Waals surface area contributed by atoms with Crippen molar-refractivity contribution in [2.45, 2.75) is 39.2 Å². The summed E-state index contributed by atoms with van der Waals surface area (Å²) in [7, 11) is 0. The lowest BCUT2D eigenvalue weighted by Crippen LogP contribution is -2.46. The molecule has 6 heteroatoms. The molecule has 2 N–H and O–H groups in total. The minimum absolute atomic E-state index is 0.127. The molecular weight excluding hydrogens is 258 g/mol. The molecule has 0 aromatic heterocycles. The number of carboxylic acids is 1. The summed E-state index contributed by atoms with van der Waals surface area (Å²) in [5.74, 6) is -0.819. The highest BCUT2D eigenvalue weighted by Gasteiger charge is 2.42. The van der Waals surface area contributed by atoms with Gasteiger partial charge in [0.1, 0.15) is 0 Å². The first-order valence-corrected chi connectivity index (χ1v) is 7.46. The first-order chi connectivity index (χ1) is 9.46. The van der Waals surface area contributed by atoms with Crippen molar-refractivity contribution in [2.75, 3.05) is 32.7 Å². The summed E-state index contributed by atoms with van der Waals surface area (Å²) in [6.07, 6.45) is 2.84. The van der Waals surface area contributed by atoms with E-state index in [9.17, 15) is 14.7 Å². The zero-order chi connectivity index (χ0) is 14.8. The second-order valence-electron chi connectivity index (χ2n) is 6.15. The Morgan fingerprint density at radius 1 is 1.40 bits per heavy atom. The van der Waals surface area contributed by atoms with Crippen molar-refractivity contribution in [1.82, 2.24) is 15.1 Å². The average molecular weight is 283 g/mol. The van der Waals surface area contributed by atoms with Gasteiger partial charge in [-0.1, -0.05) is 6.92 Å². The van der Waals surface area contributed by atoms with Crippen molar-refractivity contribution < 1.29 is 14.7 Å². The highest BCUT2D eigenvalue weighted by Crippen LogP contribution is 2.30. The lowest BCUT2D eigenvalue weighted by Gasteiger charge is -2.25. The summed E-state index contributed by atoms with van der Waals surface area (Å²) in [6.45, 7) is 7.45. The topological polar surface area (TPSA) is 72.9 Å². The molecule has 2 aliphatic heterocycles. The third-order valence-electron chi connectivity index (χ3n) is 4.67. The number of hydrogen-bond acceptors (Lipinski definition) is 3. The molecule has 0 aliphatic carbocycles. The molecule has 2 fully saturated rings. The Labute approximate surface area is 120 Å². The number of hydrogen-bond donors (Lipinski definition) is 2. The second kappa shape index (κ2) is 5.99. The van der Waals surface area contributed by atoms with Crippen LogP contribution in [0.2, 0.25) is 0 Å². The molecule has 0 aromatic carbocycles. The molecule has 114 valence electrons. The fraction of sp³-hybridized carbons (Fsp3) is 0.857. The van der Waals surface area contributed by atoms with Crippen LogP contribution in [0, 0.1) is 5.41 Å². The normalized spacial score (nSPS) is 30.7. The molecule has 2 saturated heterocycles. The largest absolute Gasteiger partial charge is 0.481 e. The SMILES string of the molecule is CCN1CCCC1CNC(=O)N1CCC(C)(C(=O)O)C1. The zero-order valence-electron chi connectivity index (χ0n) is 12.4. The summed E-state index contributed by atoms with van der Waals surface area (Å²) in [5, 5.41) is 12.1. The molecule has 0 aromatic rings. The summed E-state index contributed by atoms with van der Waals surface area (Å²) in [6, 6.07) is 0.301. The number of rotatable bonds is 4. The van der Waals surface area contributed by atoms with Gasteiger partial charge < -0.3 is 15.3 Å². The molecule has 20 heavy (non-hydrogen) atoms. The van der Waals surface area contributed by atoms with Gasteiger partial charge in [-0.3, -0.25) is 9.69 Å². The molecular formula is C14H25N3O3. The first-order valence-electron chi connectivity index (χ1n) is 7.46. The molecule has 2 atom stereocenters. The van der Waals surface area contributed by atoms with E-state index >= 15 is 0 Å². The van der Waals surface area contributed by atoms with Crippen LogP contribution in [0.15, 0.2) is 0 Å². The van der Waals surface area contributed by atoms with E-state index in [-0.39, 0.29) is 6.03 Å². The van der Waals surface area contributed by atoms with E-state index in [0.717, 1.165) is 19.5 Å². The van der Waals surface area contributed by atoms with Crippen LogP contribution in [0.25, 0.3) is 0 Å². The van der Waals surface area contributed by atoms with Gasteiger partial charge in [0.15, 0.2) is 0 Å². The first kappa shape index (κ1) is 15.1. The van der Waals surface area contributed by atoms with Crippen LogP contribution in [0.1, 0.15) is 33.1 Å². The van der Waals surface area contributed by atoms with Gasteiger partial charge in [0.25, 0.3) is 0 Å². The highest BCUT2D eigenvalue weighted by atomic mass is 16.4. The molecule has 0 radical (unpaired) electrons. The van der Waals surface area contributed by atoms with Gasteiger partial charge in [-0.2, -0.15) is 0 Å². The summed E-state index contributed by atoms with van der Waals surface area (Å²) >= 11 is 0. The van der Waals surface area contributed by atoms with E-state index in [2.05, 4.69) is 17.1 Å². The molecule has 6 nitrogen and oxygen atoms in total. The number of urea groups is 1. The minimum Gasteiger partial charge on any atom is -0.481 e. The van der Waals surface area contributed by atoms with Crippen LogP contribution in [-0.2, 0) is 4.79 Å². The van der Waals surface area contributed by atoms with E-state index in [1.807, 2.05) is 0 Å². The predicted molar refractivity (Wildman–Crippen MR) is 75.6 cm³/mol. The monoisotopic (exact) mass is 283 g/mol. The number of likely N-dealkylation sites (N-methyl/N-ethyl adjacent to an activating group) is 1. The maximum Gasteiger partial charge on any atom is 0.317 e. The van der Waals surface area contributed by atoms with Gasteiger partial charge in [0.2, 0.25) is 0 Å². The molecule has 2 unspecified atom stereocenters. The van der Waals surface area contributed by atoms with Crippen LogP contribution >= 0.6 is 0 Å². The van der Waals surface area contributed by atoms with Gasteiger partial charge in [-0.05, 0) is 39.3 Å². The summed E-state index contributed by atoms with van der Waals surface area (Å²) < 4.78 is 0. The Morgan fingerprint density at radius 2 is 2.15 bits per heavy atom. The molecule has 2 heterocycles. The van der Waals surface area contributed by atoms with E-state index in [0.29, 0.717) is 32.1 Å². The number of likely N-dealkylation sites (tertiary alicyclic amines) is 2. The second-order valence-corrected chi connectivity index (χ2v) is 6.15. The number of aliphatic carboxylic acids is 1. The van der Waals surface area contributed by atoms with Crippen LogP contribution in [0.4, 0.5) is 4.79 Å². The van der Waals surface area contributed by atoms with Crippen molar-refractivity contribution in [2.24, 2.45) is 5.41 Å². The molecule has 0 spiro atoms. The van der Waals surface area contributed by atoms with Crippen molar-refractivity contribution in [1.29, 1.82) is 0 Å². The lowest BCUT2D eigenvalue weighted by molar-refractivity contribution is -0.146. The van der Waals surface area contributed by atoms with Crippen molar-refractivity contribution >= 4 is 12.0 Å². The highest BCUT2D eigenvalue weighted by molar-refractivity contribution is 5.79. The maximum absolute atomic E-state index is 12.1. The van der Waals surface area contributed by atoms with Crippen LogP contribution in [0.3, 0.4) is 0 Å². The quantitative estimate of drug-likeness (QED) is 0.806. The van der Waals surface area contributed by atoms with E-state index in [4.69, 9.17) is 0 Å². The van der Waals surface area contributed by atoms with E-state index in [1.54, 1.807) is 11.8 Å². The van der Waals surface area contributed by atoms with Gasteiger partial charge in [0, 0.05) is 25.7 Å². The Kier molecular flexibility index (Phi) is 4.52. The Bertz CT molecular complexity index is 388. The zero-order valence-corrected chi connectivity index (χ0v) is 12.4. The minimum atomic E-state index is -0.819. The number of amides is 2. The van der Waals surface area contributed by atoms with Gasteiger partial charge in [0.05, 0.1) is 5.41 Å². The van der Waals surface area contributed by atoms with Crippen LogP contribution in [-0.4, -0.2) is 65.7 Å². The van der Waals surface area contributed by atoms with Crippen LogP contribution < -0.4 is 5.32 Å². The lowest BCUT2D eigenvalue weighted by atomic mass is 9.90. The smallest absolute Gasteiger partial charge is 0.317 e. The number of carbonyl (C=O) groups is 2. The third kappa shape index (κ3) is 3.06. The van der Waals surface area contributed by atoms with Crippen molar-refractivity contribution in [3.63, 3.8) is 0 Å². The van der Waals surface area contributed by atoms with Gasteiger partial charge in [-0.15, -0.1) is 0 Å². The van der Waals surface area contributed by atoms with E-state index < -0.39 is 11.4 Å². The third-order valence-corrected chi connectivity index (χ3v) is 4.67. The Morgan fingerprint density at radius 3 is 2.75 bits per heavy atom. The van der Waals surface area contributed by atoms with Crippen molar-refractivity contribution in [3.8, 4) is 0 Å². The number of carboxylic acid groups (broad SMARTS) is 1. The van der Waals surface area contributed by atoms with Crippen molar-refractivity contribution in [3.05, 3.63) is 0 Å². The number of nitrogens with one attached hydrogen (secondary N) is 1.